The van der Waals surface area contributed by atoms with Gasteiger partial charge in [0.25, 0.3) is 0 Å². The molecule has 0 aromatic carbocycles. The van der Waals surface area contributed by atoms with Gasteiger partial charge in [0.05, 0.1) is 16.2 Å². The number of hydrogen-bond donors (Lipinski definition) is 3. The molecule has 278 valence electrons. The summed E-state index contributed by atoms with van der Waals surface area (Å²) in [7, 11) is 0. The summed E-state index contributed by atoms with van der Waals surface area (Å²) in [6.45, 7) is 7.95. The van der Waals surface area contributed by atoms with Crippen molar-refractivity contribution in [2.75, 3.05) is 19.6 Å². The predicted molar refractivity (Wildman–Crippen MR) is 199 cm³/mol. The average Bonchev–Trinajstić information content (AvgIpc) is 3.04. The van der Waals surface area contributed by atoms with E-state index in [0.717, 1.165) is 38.9 Å². The molecule has 0 spiro atoms. The first-order valence-electron chi connectivity index (χ1n) is 20.8. The van der Waals surface area contributed by atoms with Crippen molar-refractivity contribution in [3.8, 4) is 0 Å². The molecular formula is C41H76N4O3. The minimum Gasteiger partial charge on any atom is -0.369 e. The van der Waals surface area contributed by atoms with Gasteiger partial charge in [0.15, 0.2) is 0 Å². The third kappa shape index (κ3) is 11.2. The number of nitrogens with two attached hydrogens (primary N) is 3. The fraction of sp³-hybridized carbons (Fsp3) is 0.927. The molecule has 0 aromatic rings. The Balaban J connectivity index is 1.48. The molecule has 0 aromatic heterocycles. The molecule has 2 unspecified atom stereocenters. The fourth-order valence-electron chi connectivity index (χ4n) is 10.6. The average molecular weight is 673 g/mol. The lowest BCUT2D eigenvalue weighted by atomic mass is 9.34. The van der Waals surface area contributed by atoms with E-state index >= 15 is 0 Å². The maximum Gasteiger partial charge on any atom is 0.224 e. The highest BCUT2D eigenvalue weighted by atomic mass is 16.2. The van der Waals surface area contributed by atoms with Gasteiger partial charge in [0, 0.05) is 0 Å². The van der Waals surface area contributed by atoms with Gasteiger partial charge in [0.1, 0.15) is 0 Å². The van der Waals surface area contributed by atoms with Crippen molar-refractivity contribution in [2.45, 2.75) is 194 Å². The SMILES string of the molecule is CCCCCCCCCCCCN(CCCCCCCCCCCC)CCCCC1C2(C(N)=O)CC3CC(C(N)=O)(C2)CC1(C(N)=O)C3. The van der Waals surface area contributed by atoms with Crippen LogP contribution in [0.1, 0.15) is 194 Å². The van der Waals surface area contributed by atoms with E-state index in [0.29, 0.717) is 32.1 Å². The van der Waals surface area contributed by atoms with Crippen LogP contribution in [-0.2, 0) is 14.4 Å². The van der Waals surface area contributed by atoms with Crippen molar-refractivity contribution in [3.05, 3.63) is 0 Å². The van der Waals surface area contributed by atoms with Crippen LogP contribution in [0, 0.1) is 28.1 Å². The number of carbonyl (C=O) groups excluding carboxylic acids is 3. The highest BCUT2D eigenvalue weighted by Gasteiger charge is 2.73. The summed E-state index contributed by atoms with van der Waals surface area (Å²) in [5.74, 6) is -1.21. The van der Waals surface area contributed by atoms with Crippen LogP contribution in [0.15, 0.2) is 0 Å². The van der Waals surface area contributed by atoms with Crippen LogP contribution in [0.3, 0.4) is 0 Å². The molecule has 48 heavy (non-hydrogen) atoms. The zero-order chi connectivity index (χ0) is 34.9. The van der Waals surface area contributed by atoms with Gasteiger partial charge < -0.3 is 22.1 Å². The van der Waals surface area contributed by atoms with Crippen LogP contribution in [0.2, 0.25) is 0 Å². The lowest BCUT2D eigenvalue weighted by molar-refractivity contribution is -0.207. The van der Waals surface area contributed by atoms with E-state index in [2.05, 4.69) is 18.7 Å². The lowest BCUT2D eigenvalue weighted by Crippen LogP contribution is -2.70. The number of amides is 3. The molecule has 3 amide bonds. The van der Waals surface area contributed by atoms with Crippen molar-refractivity contribution in [3.63, 3.8) is 0 Å². The van der Waals surface area contributed by atoms with E-state index in [-0.39, 0.29) is 23.7 Å². The molecule has 4 saturated carbocycles. The minimum absolute atomic E-state index is 0.105. The van der Waals surface area contributed by atoms with E-state index in [1.54, 1.807) is 0 Å². The molecule has 4 bridgehead atoms. The monoisotopic (exact) mass is 673 g/mol. The summed E-state index contributed by atoms with van der Waals surface area (Å²) >= 11 is 0. The molecular weight excluding hydrogens is 596 g/mol. The van der Waals surface area contributed by atoms with Crippen LogP contribution >= 0.6 is 0 Å². The third-order valence-electron chi connectivity index (χ3n) is 13.0. The zero-order valence-electron chi connectivity index (χ0n) is 31.5. The van der Waals surface area contributed by atoms with Gasteiger partial charge in [-0.05, 0) is 89.3 Å². The van der Waals surface area contributed by atoms with Gasteiger partial charge in [-0.1, -0.05) is 136 Å². The van der Waals surface area contributed by atoms with Crippen molar-refractivity contribution >= 4 is 17.7 Å². The zero-order valence-corrected chi connectivity index (χ0v) is 31.5. The number of primary amides is 3. The minimum atomic E-state index is -0.852. The summed E-state index contributed by atoms with van der Waals surface area (Å²) in [5.41, 5.74) is 15.7. The highest BCUT2D eigenvalue weighted by molar-refractivity contribution is 5.91. The van der Waals surface area contributed by atoms with E-state index in [4.69, 9.17) is 17.2 Å². The van der Waals surface area contributed by atoms with Crippen LogP contribution in [0.4, 0.5) is 0 Å². The fourth-order valence-corrected chi connectivity index (χ4v) is 10.6. The maximum absolute atomic E-state index is 13.2. The quantitative estimate of drug-likeness (QED) is 0.0657. The Morgan fingerprint density at radius 2 is 0.854 bits per heavy atom. The molecule has 0 radical (unpaired) electrons. The summed E-state index contributed by atoms with van der Waals surface area (Å²) in [6, 6.07) is 0. The largest absolute Gasteiger partial charge is 0.369 e. The second kappa shape index (κ2) is 20.9. The molecule has 6 N–H and O–H groups in total. The number of nitrogens with zero attached hydrogens (tertiary/aromatic N) is 1. The second-order valence-electron chi connectivity index (χ2n) is 16.8. The number of carbonyl (C=O) groups is 3. The van der Waals surface area contributed by atoms with E-state index < -0.39 is 22.2 Å². The smallest absolute Gasteiger partial charge is 0.224 e. The first-order valence-corrected chi connectivity index (χ1v) is 20.8. The van der Waals surface area contributed by atoms with E-state index in [9.17, 15) is 14.4 Å². The molecule has 4 fully saturated rings. The number of hydrogen-bond acceptors (Lipinski definition) is 4. The predicted octanol–water partition coefficient (Wildman–Crippen LogP) is 8.94. The summed E-state index contributed by atoms with van der Waals surface area (Å²) < 4.78 is 0. The van der Waals surface area contributed by atoms with E-state index in [1.807, 2.05) is 0 Å². The summed E-state index contributed by atoms with van der Waals surface area (Å²) in [5, 5.41) is 0. The van der Waals surface area contributed by atoms with Gasteiger partial charge in [0.2, 0.25) is 17.7 Å². The third-order valence-corrected chi connectivity index (χ3v) is 13.0. The first kappa shape index (κ1) is 40.8. The van der Waals surface area contributed by atoms with Gasteiger partial charge in [-0.25, -0.2) is 0 Å². The molecule has 0 aliphatic heterocycles. The molecule has 4 rings (SSSR count). The van der Waals surface area contributed by atoms with Crippen molar-refractivity contribution in [2.24, 2.45) is 45.3 Å². The van der Waals surface area contributed by atoms with E-state index in [1.165, 1.54) is 128 Å². The van der Waals surface area contributed by atoms with Crippen LogP contribution < -0.4 is 17.2 Å². The molecule has 4 aliphatic rings. The van der Waals surface area contributed by atoms with Crippen LogP contribution in [-0.4, -0.2) is 42.3 Å². The molecule has 0 heterocycles. The first-order chi connectivity index (χ1) is 23.2. The summed E-state index contributed by atoms with van der Waals surface area (Å²) in [4.78, 5) is 41.8. The summed E-state index contributed by atoms with van der Waals surface area (Å²) in [6.07, 6.45) is 32.6. The van der Waals surface area contributed by atoms with Crippen molar-refractivity contribution in [1.82, 2.24) is 4.90 Å². The molecule has 2 atom stereocenters. The Morgan fingerprint density at radius 3 is 1.21 bits per heavy atom. The Morgan fingerprint density at radius 1 is 0.500 bits per heavy atom. The standard InChI is InChI=1S/C41H76N4O3/c1-3-5-7-9-11-13-15-17-19-22-26-45(27-23-20-18-16-14-12-10-8-6-4-2)28-24-21-25-35-40(37(43)47)30-34-29-39(32-40,36(42)46)33-41(35,31-34)38(44)48/h34-35H,3-33H2,1-2H3,(H2,42,46)(H2,43,47)(H2,44,48). The van der Waals surface area contributed by atoms with Crippen molar-refractivity contribution in [1.29, 1.82) is 0 Å². The maximum atomic E-state index is 13.2. The molecule has 4 aliphatic carbocycles. The Labute approximate surface area is 295 Å². The van der Waals surface area contributed by atoms with Crippen LogP contribution in [0.25, 0.3) is 0 Å². The van der Waals surface area contributed by atoms with Crippen LogP contribution in [0.5, 0.6) is 0 Å². The molecule has 7 nitrogen and oxygen atoms in total. The molecule has 0 saturated heterocycles. The Hall–Kier alpha value is -1.63. The second-order valence-corrected chi connectivity index (χ2v) is 16.8. The van der Waals surface area contributed by atoms with Gasteiger partial charge in [-0.3, -0.25) is 14.4 Å². The Bertz CT molecular complexity index is 913. The number of rotatable bonds is 30. The number of unbranched alkanes of at least 4 members (excludes halogenated alkanes) is 19. The topological polar surface area (TPSA) is 133 Å². The van der Waals surface area contributed by atoms with Gasteiger partial charge >= 0.3 is 0 Å². The lowest BCUT2D eigenvalue weighted by Gasteiger charge is -2.67. The van der Waals surface area contributed by atoms with Gasteiger partial charge in [-0.15, -0.1) is 0 Å². The van der Waals surface area contributed by atoms with Gasteiger partial charge in [-0.2, -0.15) is 0 Å². The highest BCUT2D eigenvalue weighted by Crippen LogP contribution is 2.72. The van der Waals surface area contributed by atoms with Crippen molar-refractivity contribution < 1.29 is 14.4 Å². The Kier molecular flexibility index (Phi) is 17.8. The molecule has 7 heteroatoms. The normalized spacial score (nSPS) is 27.6.